The van der Waals surface area contributed by atoms with Crippen LogP contribution in [0.4, 0.5) is 9.18 Å². The number of halogens is 1. The molecule has 1 atom stereocenters. The van der Waals surface area contributed by atoms with E-state index in [1.54, 1.807) is 10.6 Å². The molecule has 2 aromatic heterocycles. The van der Waals surface area contributed by atoms with E-state index >= 15 is 0 Å². The van der Waals surface area contributed by atoms with Crippen molar-refractivity contribution in [2.75, 3.05) is 6.54 Å². The van der Waals surface area contributed by atoms with Crippen molar-refractivity contribution in [3.05, 3.63) is 54.1 Å². The minimum absolute atomic E-state index is 0.0648. The molecule has 140 valence electrons. The molecule has 4 rings (SSSR count). The Morgan fingerprint density at radius 2 is 2.11 bits per heavy atom. The molecule has 1 unspecified atom stereocenters. The van der Waals surface area contributed by atoms with Crippen molar-refractivity contribution in [1.29, 1.82) is 0 Å². The number of fused-ring (bicyclic) bond motifs is 1. The van der Waals surface area contributed by atoms with Gasteiger partial charge in [-0.15, -0.1) is 5.10 Å². The number of benzene rings is 1. The van der Waals surface area contributed by atoms with E-state index in [1.807, 2.05) is 43.1 Å². The highest BCUT2D eigenvalue weighted by Gasteiger charge is 2.33. The molecule has 1 aromatic carbocycles. The molecular weight excluding hydrogens is 345 g/mol. The SMILES string of the molecule is CC(C)NC(=O)N1CCCC1c1nnn2cc(-c3cccc(F)c3)ccc12. The van der Waals surface area contributed by atoms with E-state index in [1.165, 1.54) is 12.1 Å². The first-order chi connectivity index (χ1) is 13.0. The van der Waals surface area contributed by atoms with Crippen molar-refractivity contribution in [2.24, 2.45) is 0 Å². The van der Waals surface area contributed by atoms with E-state index in [0.717, 1.165) is 35.2 Å². The smallest absolute Gasteiger partial charge is 0.318 e. The van der Waals surface area contributed by atoms with Crippen LogP contribution in [0.1, 0.15) is 38.4 Å². The number of urea groups is 1. The van der Waals surface area contributed by atoms with Crippen molar-refractivity contribution in [2.45, 2.75) is 38.8 Å². The molecule has 0 aliphatic carbocycles. The molecule has 7 heteroatoms. The van der Waals surface area contributed by atoms with Gasteiger partial charge in [0.2, 0.25) is 0 Å². The van der Waals surface area contributed by atoms with Crippen LogP contribution in [0.2, 0.25) is 0 Å². The summed E-state index contributed by atoms with van der Waals surface area (Å²) in [6, 6.07) is 10.3. The first-order valence-electron chi connectivity index (χ1n) is 9.21. The molecule has 1 fully saturated rings. The van der Waals surface area contributed by atoms with E-state index in [-0.39, 0.29) is 23.9 Å². The lowest BCUT2D eigenvalue weighted by Crippen LogP contribution is -2.42. The van der Waals surface area contributed by atoms with Gasteiger partial charge in [0.05, 0.1) is 11.6 Å². The zero-order valence-electron chi connectivity index (χ0n) is 15.4. The Balaban J connectivity index is 1.66. The van der Waals surface area contributed by atoms with Gasteiger partial charge < -0.3 is 10.2 Å². The minimum Gasteiger partial charge on any atom is -0.336 e. The third kappa shape index (κ3) is 3.37. The molecule has 0 radical (unpaired) electrons. The number of pyridine rings is 1. The van der Waals surface area contributed by atoms with Gasteiger partial charge in [-0.3, -0.25) is 0 Å². The number of rotatable bonds is 3. The number of likely N-dealkylation sites (tertiary alicyclic amines) is 1. The number of nitrogens with zero attached hydrogens (tertiary/aromatic N) is 4. The van der Waals surface area contributed by atoms with Crippen LogP contribution in [0.3, 0.4) is 0 Å². The first-order valence-corrected chi connectivity index (χ1v) is 9.21. The molecule has 3 aromatic rings. The van der Waals surface area contributed by atoms with Crippen molar-refractivity contribution < 1.29 is 9.18 Å². The van der Waals surface area contributed by atoms with Gasteiger partial charge >= 0.3 is 6.03 Å². The molecule has 1 aliphatic heterocycles. The van der Waals surface area contributed by atoms with Crippen LogP contribution in [-0.2, 0) is 0 Å². The lowest BCUT2D eigenvalue weighted by molar-refractivity contribution is 0.190. The second-order valence-corrected chi connectivity index (χ2v) is 7.19. The molecule has 1 saturated heterocycles. The van der Waals surface area contributed by atoms with Gasteiger partial charge in [-0.2, -0.15) is 0 Å². The van der Waals surface area contributed by atoms with Crippen molar-refractivity contribution in [3.63, 3.8) is 0 Å². The van der Waals surface area contributed by atoms with Gasteiger partial charge in [-0.05, 0) is 50.5 Å². The largest absolute Gasteiger partial charge is 0.336 e. The fraction of sp³-hybridized carbons (Fsp3) is 0.350. The average molecular weight is 367 g/mol. The summed E-state index contributed by atoms with van der Waals surface area (Å²) in [6.07, 6.45) is 3.65. The summed E-state index contributed by atoms with van der Waals surface area (Å²) >= 11 is 0. The topological polar surface area (TPSA) is 62.5 Å². The summed E-state index contributed by atoms with van der Waals surface area (Å²) in [6.45, 7) is 4.61. The summed E-state index contributed by atoms with van der Waals surface area (Å²) in [7, 11) is 0. The van der Waals surface area contributed by atoms with Crippen LogP contribution in [-0.4, -0.2) is 38.3 Å². The predicted octanol–water partition coefficient (Wildman–Crippen LogP) is 3.79. The average Bonchev–Trinajstić information content (AvgIpc) is 3.27. The number of nitrogens with one attached hydrogen (secondary N) is 1. The fourth-order valence-electron chi connectivity index (χ4n) is 3.61. The molecule has 1 N–H and O–H groups in total. The summed E-state index contributed by atoms with van der Waals surface area (Å²) in [5.41, 5.74) is 3.31. The lowest BCUT2D eigenvalue weighted by atomic mass is 10.1. The van der Waals surface area contributed by atoms with Gasteiger partial charge in [-0.1, -0.05) is 23.4 Å². The second kappa shape index (κ2) is 6.98. The zero-order chi connectivity index (χ0) is 19.0. The van der Waals surface area contributed by atoms with E-state index < -0.39 is 0 Å². The maximum absolute atomic E-state index is 13.5. The monoisotopic (exact) mass is 367 g/mol. The van der Waals surface area contributed by atoms with Crippen LogP contribution in [0.25, 0.3) is 16.6 Å². The van der Waals surface area contributed by atoms with Gasteiger partial charge in [-0.25, -0.2) is 13.7 Å². The number of hydrogen-bond donors (Lipinski definition) is 1. The van der Waals surface area contributed by atoms with Crippen molar-refractivity contribution in [3.8, 4) is 11.1 Å². The predicted molar refractivity (Wildman–Crippen MR) is 101 cm³/mol. The van der Waals surface area contributed by atoms with Crippen LogP contribution in [0.5, 0.6) is 0 Å². The Kier molecular flexibility index (Phi) is 4.51. The Morgan fingerprint density at radius 3 is 2.89 bits per heavy atom. The Morgan fingerprint density at radius 1 is 1.26 bits per heavy atom. The molecule has 0 saturated carbocycles. The molecule has 1 aliphatic rings. The Bertz CT molecular complexity index is 983. The summed E-state index contributed by atoms with van der Waals surface area (Å²) in [5, 5.41) is 11.6. The lowest BCUT2D eigenvalue weighted by Gasteiger charge is -2.24. The van der Waals surface area contributed by atoms with Crippen LogP contribution >= 0.6 is 0 Å². The number of hydrogen-bond acceptors (Lipinski definition) is 3. The third-order valence-electron chi connectivity index (χ3n) is 4.84. The van der Waals surface area contributed by atoms with Crippen molar-refractivity contribution in [1.82, 2.24) is 25.0 Å². The van der Waals surface area contributed by atoms with E-state index in [9.17, 15) is 9.18 Å². The third-order valence-corrected chi connectivity index (χ3v) is 4.84. The highest BCUT2D eigenvalue weighted by Crippen LogP contribution is 2.33. The highest BCUT2D eigenvalue weighted by atomic mass is 19.1. The minimum atomic E-state index is -0.273. The molecule has 3 heterocycles. The maximum Gasteiger partial charge on any atom is 0.318 e. The normalized spacial score (nSPS) is 17.0. The molecular formula is C20H22FN5O. The van der Waals surface area contributed by atoms with Crippen molar-refractivity contribution >= 4 is 11.5 Å². The first kappa shape index (κ1) is 17.5. The van der Waals surface area contributed by atoms with Crippen LogP contribution in [0, 0.1) is 5.82 Å². The quantitative estimate of drug-likeness (QED) is 0.766. The molecule has 27 heavy (non-hydrogen) atoms. The van der Waals surface area contributed by atoms with Gasteiger partial charge in [0, 0.05) is 24.3 Å². The molecule has 2 amide bonds. The Labute approximate surface area is 157 Å². The molecule has 0 bridgehead atoms. The van der Waals surface area contributed by atoms with Crippen LogP contribution in [0.15, 0.2) is 42.6 Å². The van der Waals surface area contributed by atoms with E-state index in [2.05, 4.69) is 15.6 Å². The number of aromatic nitrogens is 3. The van der Waals surface area contributed by atoms with Gasteiger partial charge in [0.15, 0.2) is 0 Å². The Hall–Kier alpha value is -2.96. The summed E-state index contributed by atoms with van der Waals surface area (Å²) in [4.78, 5) is 14.3. The zero-order valence-corrected chi connectivity index (χ0v) is 15.4. The molecule has 0 spiro atoms. The van der Waals surface area contributed by atoms with E-state index in [0.29, 0.717) is 6.54 Å². The summed E-state index contributed by atoms with van der Waals surface area (Å²) in [5.74, 6) is -0.273. The number of carbonyl (C=O) groups excluding carboxylic acids is 1. The van der Waals surface area contributed by atoms with E-state index in [4.69, 9.17) is 0 Å². The van der Waals surface area contributed by atoms with Gasteiger partial charge in [0.25, 0.3) is 0 Å². The highest BCUT2D eigenvalue weighted by molar-refractivity contribution is 5.76. The second-order valence-electron chi connectivity index (χ2n) is 7.19. The van der Waals surface area contributed by atoms with Gasteiger partial charge in [0.1, 0.15) is 11.5 Å². The standard InChI is InChI=1S/C20H22FN5O/c1-13(2)22-20(27)25-10-4-7-17(25)19-18-9-8-15(12-26(18)24-23-19)14-5-3-6-16(21)11-14/h3,5-6,8-9,11-13,17H,4,7,10H2,1-2H3,(H,22,27). The number of amides is 2. The molecule has 6 nitrogen and oxygen atoms in total. The summed E-state index contributed by atoms with van der Waals surface area (Å²) < 4.78 is 15.2. The maximum atomic E-state index is 13.5. The number of carbonyl (C=O) groups is 1. The fourth-order valence-corrected chi connectivity index (χ4v) is 3.61. The van der Waals surface area contributed by atoms with Crippen LogP contribution < -0.4 is 5.32 Å².